The number of amides is 2. The predicted molar refractivity (Wildman–Crippen MR) is 91.5 cm³/mol. The highest BCUT2D eigenvalue weighted by Gasteiger charge is 2.14. The highest BCUT2D eigenvalue weighted by Crippen LogP contribution is 2.16. The highest BCUT2D eigenvalue weighted by molar-refractivity contribution is 7.89. The fourth-order valence-corrected chi connectivity index (χ4v) is 2.85. The minimum absolute atomic E-state index is 0.0389. The summed E-state index contributed by atoms with van der Waals surface area (Å²) < 4.78 is 22.8. The van der Waals surface area contributed by atoms with Gasteiger partial charge < -0.3 is 10.6 Å². The number of hydrogen-bond donors (Lipinski definition) is 3. The molecule has 23 heavy (non-hydrogen) atoms. The van der Waals surface area contributed by atoms with Crippen LogP contribution in [0.25, 0.3) is 0 Å². The summed E-state index contributed by atoms with van der Waals surface area (Å²) >= 11 is 0. The van der Waals surface area contributed by atoms with Crippen LogP contribution in [0.3, 0.4) is 0 Å². The first-order valence-corrected chi connectivity index (χ1v) is 9.48. The lowest BCUT2D eigenvalue weighted by Crippen LogP contribution is -2.41. The maximum atomic E-state index is 12.0. The van der Waals surface area contributed by atoms with Gasteiger partial charge in [0.05, 0.1) is 10.9 Å². The molecule has 2 unspecified atom stereocenters. The third kappa shape index (κ3) is 7.00. The molecular weight excluding hydrogens is 314 g/mol. The number of carbonyl (C=O) groups excluding carboxylic acids is 1. The van der Waals surface area contributed by atoms with Crippen molar-refractivity contribution in [3.8, 4) is 0 Å². The molecule has 0 fully saturated rings. The van der Waals surface area contributed by atoms with Crippen molar-refractivity contribution < 1.29 is 13.2 Å². The van der Waals surface area contributed by atoms with Crippen LogP contribution in [0, 0.1) is 0 Å². The van der Waals surface area contributed by atoms with Gasteiger partial charge in [-0.3, -0.25) is 0 Å². The minimum atomic E-state index is -3.75. The number of hydrogen-bond acceptors (Lipinski definition) is 3. The maximum absolute atomic E-state index is 12.0. The molecule has 0 saturated heterocycles. The fraction of sp³-hybridized carbons (Fsp3) is 0.562. The van der Waals surface area contributed by atoms with Crippen molar-refractivity contribution in [1.29, 1.82) is 0 Å². The van der Waals surface area contributed by atoms with E-state index in [1.807, 2.05) is 6.92 Å². The molecule has 4 N–H and O–H groups in total. The number of unbranched alkanes of at least 4 members (excludes halogenated alkanes) is 2. The lowest BCUT2D eigenvalue weighted by molar-refractivity contribution is 0.234. The second-order valence-corrected chi connectivity index (χ2v) is 7.42. The zero-order valence-corrected chi connectivity index (χ0v) is 14.8. The molecule has 0 heterocycles. The summed E-state index contributed by atoms with van der Waals surface area (Å²) in [5.74, 6) is 0. The number of rotatable bonds is 8. The number of primary sulfonamides is 1. The summed E-state index contributed by atoms with van der Waals surface area (Å²) in [6.07, 6.45) is 4.33. The Bertz CT molecular complexity index is 617. The number of sulfonamides is 1. The van der Waals surface area contributed by atoms with Crippen molar-refractivity contribution in [2.75, 3.05) is 0 Å². The van der Waals surface area contributed by atoms with Gasteiger partial charge in [-0.25, -0.2) is 18.4 Å². The van der Waals surface area contributed by atoms with Gasteiger partial charge in [0.15, 0.2) is 0 Å². The molecule has 0 radical (unpaired) electrons. The lowest BCUT2D eigenvalue weighted by atomic mass is 10.1. The summed E-state index contributed by atoms with van der Waals surface area (Å²) in [5, 5.41) is 10.8. The lowest BCUT2D eigenvalue weighted by Gasteiger charge is -2.19. The summed E-state index contributed by atoms with van der Waals surface area (Å²) in [5.41, 5.74) is 0.685. The van der Waals surface area contributed by atoms with E-state index in [9.17, 15) is 13.2 Å². The van der Waals surface area contributed by atoms with E-state index in [4.69, 9.17) is 5.14 Å². The fourth-order valence-electron chi connectivity index (χ4n) is 2.28. The Morgan fingerprint density at radius 1 is 1.22 bits per heavy atom. The molecule has 1 rings (SSSR count). The van der Waals surface area contributed by atoms with Crippen LogP contribution in [0.4, 0.5) is 4.79 Å². The molecule has 0 spiro atoms. The Balaban J connectivity index is 2.58. The molecule has 7 heteroatoms. The van der Waals surface area contributed by atoms with E-state index >= 15 is 0 Å². The zero-order chi connectivity index (χ0) is 17.5. The topological polar surface area (TPSA) is 101 Å². The smallest absolute Gasteiger partial charge is 0.315 e. The molecule has 0 aliphatic rings. The molecule has 2 atom stereocenters. The van der Waals surface area contributed by atoms with Crippen LogP contribution in [0.1, 0.15) is 58.1 Å². The molecular formula is C16H27N3O3S. The second-order valence-electron chi connectivity index (χ2n) is 5.85. The van der Waals surface area contributed by atoms with E-state index in [0.29, 0.717) is 5.56 Å². The van der Waals surface area contributed by atoms with Gasteiger partial charge in [-0.15, -0.1) is 0 Å². The molecule has 130 valence electrons. The van der Waals surface area contributed by atoms with Crippen LogP contribution < -0.4 is 15.8 Å². The monoisotopic (exact) mass is 341 g/mol. The largest absolute Gasteiger partial charge is 0.336 e. The van der Waals surface area contributed by atoms with Crippen molar-refractivity contribution in [2.24, 2.45) is 5.14 Å². The number of benzene rings is 1. The molecule has 0 bridgehead atoms. The average molecular weight is 341 g/mol. The van der Waals surface area contributed by atoms with Gasteiger partial charge >= 0.3 is 6.03 Å². The average Bonchev–Trinajstić information content (AvgIpc) is 2.46. The summed E-state index contributed by atoms with van der Waals surface area (Å²) in [4.78, 5) is 12.0. The third-order valence-corrected chi connectivity index (χ3v) is 4.56. The normalized spacial score (nSPS) is 14.1. The van der Waals surface area contributed by atoms with E-state index in [2.05, 4.69) is 17.6 Å². The SMILES string of the molecule is CCCCCC(C)NC(=O)NC(C)c1cccc(S(N)(=O)=O)c1. The number of carbonyl (C=O) groups is 1. The zero-order valence-electron chi connectivity index (χ0n) is 14.0. The molecule has 1 aromatic rings. The van der Waals surface area contributed by atoms with Crippen LogP contribution in [0.15, 0.2) is 29.2 Å². The Hall–Kier alpha value is -1.60. The molecule has 2 amide bonds. The molecule has 0 aliphatic heterocycles. The van der Waals surface area contributed by atoms with Crippen molar-refractivity contribution in [1.82, 2.24) is 10.6 Å². The summed E-state index contributed by atoms with van der Waals surface area (Å²) in [6, 6.07) is 5.79. The number of nitrogens with one attached hydrogen (secondary N) is 2. The van der Waals surface area contributed by atoms with E-state index in [1.165, 1.54) is 12.1 Å². The highest BCUT2D eigenvalue weighted by atomic mass is 32.2. The van der Waals surface area contributed by atoms with E-state index < -0.39 is 10.0 Å². The standard InChI is InChI=1S/C16H27N3O3S/c1-4-5-6-8-12(2)18-16(20)19-13(3)14-9-7-10-15(11-14)23(17,21)22/h7,9-13H,4-6,8H2,1-3H3,(H2,17,21,22)(H2,18,19,20). The van der Waals surface area contributed by atoms with Gasteiger partial charge in [0.25, 0.3) is 0 Å². The first-order valence-electron chi connectivity index (χ1n) is 7.93. The van der Waals surface area contributed by atoms with Crippen molar-refractivity contribution in [2.45, 2.75) is 63.4 Å². The van der Waals surface area contributed by atoms with Crippen LogP contribution in [0.5, 0.6) is 0 Å². The third-order valence-electron chi connectivity index (χ3n) is 3.65. The molecule has 0 saturated carbocycles. The summed E-state index contributed by atoms with van der Waals surface area (Å²) in [7, 11) is -3.75. The van der Waals surface area contributed by atoms with Gasteiger partial charge in [-0.2, -0.15) is 0 Å². The Labute approximate surface area is 138 Å². The van der Waals surface area contributed by atoms with Crippen LogP contribution in [0.2, 0.25) is 0 Å². The molecule has 0 aromatic heterocycles. The van der Waals surface area contributed by atoms with Crippen molar-refractivity contribution in [3.63, 3.8) is 0 Å². The number of nitrogens with two attached hydrogens (primary N) is 1. The summed E-state index contributed by atoms with van der Waals surface area (Å²) in [6.45, 7) is 5.91. The first kappa shape index (κ1) is 19.4. The van der Waals surface area contributed by atoms with Gasteiger partial charge in [0.1, 0.15) is 0 Å². The van der Waals surface area contributed by atoms with Crippen molar-refractivity contribution in [3.05, 3.63) is 29.8 Å². The Morgan fingerprint density at radius 3 is 2.52 bits per heavy atom. The molecule has 0 aliphatic carbocycles. The van der Waals surface area contributed by atoms with E-state index in [1.54, 1.807) is 19.1 Å². The van der Waals surface area contributed by atoms with Crippen LogP contribution in [-0.4, -0.2) is 20.5 Å². The molecule has 6 nitrogen and oxygen atoms in total. The van der Waals surface area contributed by atoms with Gasteiger partial charge in [0, 0.05) is 6.04 Å². The maximum Gasteiger partial charge on any atom is 0.315 e. The minimum Gasteiger partial charge on any atom is -0.336 e. The predicted octanol–water partition coefficient (Wildman–Crippen LogP) is 2.66. The van der Waals surface area contributed by atoms with E-state index in [0.717, 1.165) is 25.7 Å². The van der Waals surface area contributed by atoms with Crippen LogP contribution in [-0.2, 0) is 10.0 Å². The number of urea groups is 1. The quantitative estimate of drug-likeness (QED) is 0.634. The van der Waals surface area contributed by atoms with Crippen molar-refractivity contribution >= 4 is 16.1 Å². The van der Waals surface area contributed by atoms with Gasteiger partial charge in [-0.05, 0) is 38.0 Å². The molecule has 1 aromatic carbocycles. The second kappa shape index (κ2) is 8.88. The van der Waals surface area contributed by atoms with Crippen LogP contribution >= 0.6 is 0 Å². The van der Waals surface area contributed by atoms with Gasteiger partial charge in [-0.1, -0.05) is 38.3 Å². The van der Waals surface area contributed by atoms with Gasteiger partial charge in [0.2, 0.25) is 10.0 Å². The van der Waals surface area contributed by atoms with E-state index in [-0.39, 0.29) is 23.0 Å². The first-order chi connectivity index (χ1) is 10.7. The Kier molecular flexibility index (Phi) is 7.51. The Morgan fingerprint density at radius 2 is 1.91 bits per heavy atom.